The topological polar surface area (TPSA) is 161 Å². The van der Waals surface area contributed by atoms with Crippen molar-refractivity contribution in [3.05, 3.63) is 65.2 Å². The van der Waals surface area contributed by atoms with Gasteiger partial charge in [-0.05, 0) is 48.7 Å². The number of piperazine rings is 2. The Kier molecular flexibility index (Phi) is 8.51. The number of aliphatic carboxylic acids is 1. The molecule has 4 rings (SSSR count). The van der Waals surface area contributed by atoms with Crippen molar-refractivity contribution in [2.24, 2.45) is 5.73 Å². The van der Waals surface area contributed by atoms with E-state index in [0.29, 0.717) is 36.4 Å². The molecule has 2 saturated heterocycles. The largest absolute Gasteiger partial charge is 0.488 e. The molecule has 39 heavy (non-hydrogen) atoms. The van der Waals surface area contributed by atoms with E-state index < -0.39 is 23.7 Å². The molecule has 2 fully saturated rings. The summed E-state index contributed by atoms with van der Waals surface area (Å²) in [5.74, 6) is -1.49. The van der Waals surface area contributed by atoms with Crippen molar-refractivity contribution in [3.63, 3.8) is 0 Å². The summed E-state index contributed by atoms with van der Waals surface area (Å²) in [7, 11) is 0. The van der Waals surface area contributed by atoms with Crippen LogP contribution in [-0.4, -0.2) is 89.9 Å². The summed E-state index contributed by atoms with van der Waals surface area (Å²) in [5, 5.41) is 24.7. The predicted octanol–water partition coefficient (Wildman–Crippen LogP) is 0.649. The fraction of sp³-hybridized carbons (Fsp3) is 0.429. The molecule has 6 N–H and O–H groups in total. The molecule has 0 aliphatic carbocycles. The Hall–Kier alpha value is -3.96. The Morgan fingerprint density at radius 1 is 1.08 bits per heavy atom. The third kappa shape index (κ3) is 5.32. The summed E-state index contributed by atoms with van der Waals surface area (Å²) in [6.07, 6.45) is -0.517. The average molecular weight is 537 g/mol. The van der Waals surface area contributed by atoms with Gasteiger partial charge in [0.25, 0.3) is 0 Å². The molecular formula is C28H36N6O5. The van der Waals surface area contributed by atoms with E-state index in [4.69, 9.17) is 15.9 Å². The van der Waals surface area contributed by atoms with E-state index in [9.17, 15) is 19.5 Å². The van der Waals surface area contributed by atoms with E-state index in [1.54, 1.807) is 29.2 Å². The van der Waals surface area contributed by atoms with E-state index in [0.717, 1.165) is 5.56 Å². The Labute approximate surface area is 227 Å². The summed E-state index contributed by atoms with van der Waals surface area (Å²) in [4.78, 5) is 43.3. The van der Waals surface area contributed by atoms with Gasteiger partial charge in [-0.15, -0.1) is 0 Å². The van der Waals surface area contributed by atoms with Crippen molar-refractivity contribution in [2.45, 2.75) is 38.0 Å². The van der Waals surface area contributed by atoms with Crippen LogP contribution in [0.3, 0.4) is 0 Å². The number of rotatable bonds is 10. The van der Waals surface area contributed by atoms with Crippen LogP contribution in [0.5, 0.6) is 5.75 Å². The van der Waals surface area contributed by atoms with Crippen LogP contribution in [0.2, 0.25) is 0 Å². The van der Waals surface area contributed by atoms with Crippen LogP contribution >= 0.6 is 0 Å². The molecule has 11 heteroatoms. The summed E-state index contributed by atoms with van der Waals surface area (Å²) >= 11 is 0. The van der Waals surface area contributed by atoms with Gasteiger partial charge in [0.1, 0.15) is 23.2 Å². The number of nitrogens with two attached hydrogens (primary N) is 1. The van der Waals surface area contributed by atoms with Crippen molar-refractivity contribution >= 4 is 23.6 Å². The number of carbonyl (C=O) groups is 3. The number of carboxylic acid groups (broad SMARTS) is 1. The van der Waals surface area contributed by atoms with E-state index in [-0.39, 0.29) is 43.8 Å². The van der Waals surface area contributed by atoms with Gasteiger partial charge in [0, 0.05) is 31.7 Å². The molecule has 3 atom stereocenters. The molecule has 2 aromatic rings. The van der Waals surface area contributed by atoms with Gasteiger partial charge in [0.2, 0.25) is 11.8 Å². The minimum Gasteiger partial charge on any atom is -0.488 e. The maximum absolute atomic E-state index is 13.7. The molecule has 2 aromatic carbocycles. The molecule has 2 aliphatic heterocycles. The lowest BCUT2D eigenvalue weighted by molar-refractivity contribution is -0.173. The first-order valence-corrected chi connectivity index (χ1v) is 13.1. The molecule has 2 amide bonds. The summed E-state index contributed by atoms with van der Waals surface area (Å²) in [6, 6.07) is 12.6. The SMILES string of the molecule is CCC(Oc1ccc(C(=N)N)cc1)C(c1ccccc1C)(C(C(=O)O)N1CCNCC1=O)N1CCNCC1=O. The van der Waals surface area contributed by atoms with Crippen LogP contribution in [0, 0.1) is 12.3 Å². The zero-order valence-electron chi connectivity index (χ0n) is 22.3. The molecule has 2 heterocycles. The third-order valence-electron chi connectivity index (χ3n) is 7.51. The van der Waals surface area contributed by atoms with Gasteiger partial charge in [0.15, 0.2) is 6.04 Å². The van der Waals surface area contributed by atoms with Crippen molar-refractivity contribution in [3.8, 4) is 5.75 Å². The highest BCUT2D eigenvalue weighted by atomic mass is 16.5. The summed E-state index contributed by atoms with van der Waals surface area (Å²) in [5.41, 5.74) is 5.98. The number of nitrogen functional groups attached to an aromatic ring is 1. The second kappa shape index (κ2) is 11.8. The van der Waals surface area contributed by atoms with Gasteiger partial charge < -0.3 is 36.0 Å². The van der Waals surface area contributed by atoms with Gasteiger partial charge in [-0.1, -0.05) is 31.2 Å². The molecule has 0 saturated carbocycles. The molecule has 208 valence electrons. The molecule has 0 bridgehead atoms. The minimum atomic E-state index is -1.56. The molecule has 0 spiro atoms. The number of amides is 2. The van der Waals surface area contributed by atoms with Gasteiger partial charge in [-0.3, -0.25) is 15.0 Å². The van der Waals surface area contributed by atoms with Crippen LogP contribution in [-0.2, 0) is 19.9 Å². The number of carbonyl (C=O) groups excluding carboxylic acids is 2. The standard InChI is InChI=1S/C28H36N6O5/c1-3-22(39-20-10-8-19(9-11-20)26(29)30)28(21-7-5-4-6-18(21)2,34-15-13-32-17-24(34)36)25(27(37)38)33-14-12-31-16-23(33)35/h4-11,22,25,31-32H,3,12-17H2,1-2H3,(H3,29,30)(H,37,38). The Morgan fingerprint density at radius 3 is 2.28 bits per heavy atom. The second-order valence-corrected chi connectivity index (χ2v) is 9.82. The number of hydrogen-bond acceptors (Lipinski definition) is 7. The van der Waals surface area contributed by atoms with E-state index in [2.05, 4.69) is 10.6 Å². The van der Waals surface area contributed by atoms with Crippen molar-refractivity contribution in [2.75, 3.05) is 39.3 Å². The smallest absolute Gasteiger partial charge is 0.329 e. The van der Waals surface area contributed by atoms with Crippen LogP contribution in [0.1, 0.15) is 30.0 Å². The number of ether oxygens (including phenoxy) is 1. The quantitative estimate of drug-likeness (QED) is 0.218. The first kappa shape index (κ1) is 28.1. The summed E-state index contributed by atoms with van der Waals surface area (Å²) < 4.78 is 6.59. The number of nitrogens with zero attached hydrogens (tertiary/aromatic N) is 2. The minimum absolute atomic E-state index is 0.00723. The summed E-state index contributed by atoms with van der Waals surface area (Å²) in [6.45, 7) is 5.11. The Morgan fingerprint density at radius 2 is 1.72 bits per heavy atom. The first-order chi connectivity index (χ1) is 18.7. The third-order valence-corrected chi connectivity index (χ3v) is 7.51. The van der Waals surface area contributed by atoms with Crippen LogP contribution in [0.25, 0.3) is 0 Å². The van der Waals surface area contributed by atoms with E-state index in [1.165, 1.54) is 4.90 Å². The molecule has 0 radical (unpaired) electrons. The predicted molar refractivity (Wildman–Crippen MR) is 146 cm³/mol. The Balaban J connectivity index is 1.99. The highest BCUT2D eigenvalue weighted by Gasteiger charge is 2.60. The number of nitrogens with one attached hydrogen (secondary N) is 3. The van der Waals surface area contributed by atoms with Gasteiger partial charge >= 0.3 is 5.97 Å². The van der Waals surface area contributed by atoms with Crippen molar-refractivity contribution < 1.29 is 24.2 Å². The maximum atomic E-state index is 13.7. The number of carboxylic acids is 1. The molecule has 11 nitrogen and oxygen atoms in total. The van der Waals surface area contributed by atoms with E-state index in [1.807, 2.05) is 38.1 Å². The van der Waals surface area contributed by atoms with Gasteiger partial charge in [-0.25, -0.2) is 4.79 Å². The highest BCUT2D eigenvalue weighted by molar-refractivity contribution is 5.95. The highest BCUT2D eigenvalue weighted by Crippen LogP contribution is 2.44. The Bertz CT molecular complexity index is 1240. The van der Waals surface area contributed by atoms with Gasteiger partial charge in [0.05, 0.1) is 13.1 Å². The van der Waals surface area contributed by atoms with Crippen molar-refractivity contribution in [1.82, 2.24) is 20.4 Å². The second-order valence-electron chi connectivity index (χ2n) is 9.82. The fourth-order valence-electron chi connectivity index (χ4n) is 5.80. The average Bonchev–Trinajstić information content (AvgIpc) is 2.92. The lowest BCUT2D eigenvalue weighted by atomic mass is 9.72. The lowest BCUT2D eigenvalue weighted by Crippen LogP contribution is -2.74. The van der Waals surface area contributed by atoms with Crippen molar-refractivity contribution in [1.29, 1.82) is 5.41 Å². The molecular weight excluding hydrogens is 500 g/mol. The van der Waals surface area contributed by atoms with Crippen LogP contribution in [0.4, 0.5) is 0 Å². The zero-order valence-corrected chi connectivity index (χ0v) is 22.3. The first-order valence-electron chi connectivity index (χ1n) is 13.1. The molecule has 2 aliphatic rings. The number of hydrogen-bond donors (Lipinski definition) is 5. The zero-order chi connectivity index (χ0) is 28.2. The fourth-order valence-corrected chi connectivity index (χ4v) is 5.80. The van der Waals surface area contributed by atoms with Gasteiger partial charge in [-0.2, -0.15) is 0 Å². The molecule has 3 unspecified atom stereocenters. The van der Waals surface area contributed by atoms with E-state index >= 15 is 0 Å². The monoisotopic (exact) mass is 536 g/mol. The maximum Gasteiger partial charge on any atom is 0.329 e. The number of amidine groups is 1. The molecule has 0 aromatic heterocycles. The van der Waals surface area contributed by atoms with Crippen LogP contribution < -0.4 is 21.1 Å². The number of benzene rings is 2. The number of aryl methyl sites for hydroxylation is 1. The lowest BCUT2D eigenvalue weighted by Gasteiger charge is -2.55. The normalized spacial score (nSPS) is 19.2. The van der Waals surface area contributed by atoms with Crippen LogP contribution in [0.15, 0.2) is 48.5 Å².